The monoisotopic (exact) mass is 563 g/mol. The molecule has 212 valence electrons. The number of β-amino-alcohol motifs (C(OH)–C–C–N with tert-alkyl or cyclic N) is 1. The number of aliphatic hydroxyl groups is 1. The number of carboxylic acid groups (broad SMARTS) is 1. The van der Waals surface area contributed by atoms with Crippen LogP contribution in [-0.2, 0) is 7.05 Å². The number of fused-ring (bicyclic) bond motifs is 4. The van der Waals surface area contributed by atoms with E-state index in [-0.39, 0.29) is 29.0 Å². The highest BCUT2D eigenvalue weighted by atomic mass is 19.2. The third-order valence-corrected chi connectivity index (χ3v) is 7.83. The predicted molar refractivity (Wildman–Crippen MR) is 152 cm³/mol. The maximum atomic E-state index is 15.5. The molecule has 5 aromatic rings. The minimum atomic E-state index is -1.36. The molecular formula is C28H27F2N7O4. The summed E-state index contributed by atoms with van der Waals surface area (Å²) >= 11 is 0. The summed E-state index contributed by atoms with van der Waals surface area (Å²) in [5.74, 6) is -3.45. The van der Waals surface area contributed by atoms with E-state index in [0.29, 0.717) is 45.6 Å². The molecule has 13 heteroatoms. The highest BCUT2D eigenvalue weighted by molar-refractivity contribution is 6.18. The number of hydrogen-bond donors (Lipinski definition) is 4. The van der Waals surface area contributed by atoms with Gasteiger partial charge < -0.3 is 34.9 Å². The van der Waals surface area contributed by atoms with Crippen molar-refractivity contribution in [2.45, 2.75) is 12.1 Å². The molecule has 0 aliphatic carbocycles. The lowest BCUT2D eigenvalue weighted by atomic mass is 10.0. The zero-order valence-corrected chi connectivity index (χ0v) is 22.7. The van der Waals surface area contributed by atoms with Crippen molar-refractivity contribution in [3.8, 4) is 11.1 Å². The lowest BCUT2D eigenvalue weighted by molar-refractivity contribution is 0.0695. The molecule has 0 spiro atoms. The minimum Gasteiger partial charge on any atom is -0.477 e. The second-order valence-electron chi connectivity index (χ2n) is 10.5. The van der Waals surface area contributed by atoms with Crippen LogP contribution in [0.5, 0.6) is 0 Å². The standard InChI is InChI=1S/C28H27F2N7O4/c1-31-17-6-16(29)22(30)20-21-24(37-10-18(35(2)3)19(38)11-37)14(8-32-26(21)34-23(17)20)12-5-13-25(39)15(28(40)41)9-36(4)27(13)33-7-12/h5-9,18-19,31,38H,10-11H2,1-4H3,(H,32,34)(H,40,41). The van der Waals surface area contributed by atoms with Gasteiger partial charge in [-0.3, -0.25) is 4.79 Å². The van der Waals surface area contributed by atoms with Gasteiger partial charge in [-0.1, -0.05) is 0 Å². The number of aromatic nitrogens is 4. The molecule has 4 N–H and O–H groups in total. The molecule has 1 aromatic carbocycles. The fourth-order valence-corrected chi connectivity index (χ4v) is 5.80. The van der Waals surface area contributed by atoms with E-state index >= 15 is 4.39 Å². The van der Waals surface area contributed by atoms with E-state index in [4.69, 9.17) is 0 Å². The predicted octanol–water partition coefficient (Wildman–Crippen LogP) is 2.76. The SMILES string of the molecule is CNc1cc(F)c(F)c2c1[nH]c1ncc(-c3cnc4c(c3)c(=O)c(C(=O)O)cn4C)c(N3CC(O)C(N(C)C)C3)c12. The Morgan fingerprint density at radius 2 is 1.93 bits per heavy atom. The number of rotatable bonds is 5. The number of H-pyrrole nitrogens is 1. The Morgan fingerprint density at radius 1 is 1.17 bits per heavy atom. The molecule has 4 aromatic heterocycles. The number of aromatic amines is 1. The van der Waals surface area contributed by atoms with Gasteiger partial charge in [0.1, 0.15) is 16.9 Å². The highest BCUT2D eigenvalue weighted by Crippen LogP contribution is 2.44. The molecule has 6 rings (SSSR count). The summed E-state index contributed by atoms with van der Waals surface area (Å²) in [5, 5.41) is 23.7. The van der Waals surface area contributed by atoms with Gasteiger partial charge in [0.25, 0.3) is 0 Å². The number of pyridine rings is 3. The van der Waals surface area contributed by atoms with Gasteiger partial charge in [0.15, 0.2) is 11.6 Å². The molecule has 0 bridgehead atoms. The Balaban J connectivity index is 1.71. The largest absolute Gasteiger partial charge is 0.477 e. The molecule has 2 atom stereocenters. The molecule has 0 amide bonds. The van der Waals surface area contributed by atoms with Gasteiger partial charge >= 0.3 is 5.97 Å². The van der Waals surface area contributed by atoms with Crippen molar-refractivity contribution >= 4 is 50.3 Å². The van der Waals surface area contributed by atoms with Crippen LogP contribution < -0.4 is 15.6 Å². The molecule has 11 nitrogen and oxygen atoms in total. The number of hydrogen-bond acceptors (Lipinski definition) is 8. The van der Waals surface area contributed by atoms with Crippen LogP contribution in [0.2, 0.25) is 0 Å². The molecule has 1 aliphatic heterocycles. The van der Waals surface area contributed by atoms with Crippen molar-refractivity contribution < 1.29 is 23.8 Å². The first-order chi connectivity index (χ1) is 19.5. The van der Waals surface area contributed by atoms with Gasteiger partial charge in [-0.05, 0) is 20.2 Å². The lowest BCUT2D eigenvalue weighted by Gasteiger charge is -2.25. The number of nitrogens with zero attached hydrogens (tertiary/aromatic N) is 5. The summed E-state index contributed by atoms with van der Waals surface area (Å²) in [5.41, 5.74) is 1.51. The molecule has 1 aliphatic rings. The van der Waals surface area contributed by atoms with Crippen LogP contribution in [0.25, 0.3) is 44.1 Å². The highest BCUT2D eigenvalue weighted by Gasteiger charge is 2.36. The Kier molecular flexibility index (Phi) is 6.16. The van der Waals surface area contributed by atoms with Gasteiger partial charge in [-0.2, -0.15) is 0 Å². The first kappa shape index (κ1) is 26.6. The number of anilines is 2. The van der Waals surface area contributed by atoms with E-state index in [2.05, 4.69) is 20.3 Å². The number of aliphatic hydroxyl groups excluding tert-OH is 1. The topological polar surface area (TPSA) is 140 Å². The number of carboxylic acids is 1. The Hall–Kier alpha value is -4.62. The number of carbonyl (C=O) groups is 1. The summed E-state index contributed by atoms with van der Waals surface area (Å²) < 4.78 is 31.8. The average Bonchev–Trinajstić information content (AvgIpc) is 3.52. The van der Waals surface area contributed by atoms with Crippen molar-refractivity contribution in [2.24, 2.45) is 7.05 Å². The molecule has 2 unspecified atom stereocenters. The van der Waals surface area contributed by atoms with Crippen LogP contribution >= 0.6 is 0 Å². The van der Waals surface area contributed by atoms with E-state index in [1.54, 1.807) is 20.3 Å². The van der Waals surface area contributed by atoms with Crippen molar-refractivity contribution in [2.75, 3.05) is 44.4 Å². The Morgan fingerprint density at radius 3 is 2.59 bits per heavy atom. The third-order valence-electron chi connectivity index (χ3n) is 7.83. The summed E-state index contributed by atoms with van der Waals surface area (Å²) in [7, 11) is 6.89. The summed E-state index contributed by atoms with van der Waals surface area (Å²) in [4.78, 5) is 40.7. The molecule has 0 saturated carbocycles. The number of halogens is 2. The van der Waals surface area contributed by atoms with Crippen molar-refractivity contribution in [1.82, 2.24) is 24.4 Å². The summed E-state index contributed by atoms with van der Waals surface area (Å²) in [6.45, 7) is 0.568. The first-order valence-electron chi connectivity index (χ1n) is 12.8. The maximum absolute atomic E-state index is 15.5. The van der Waals surface area contributed by atoms with Crippen LogP contribution in [0.1, 0.15) is 10.4 Å². The number of benzene rings is 1. The molecule has 1 saturated heterocycles. The van der Waals surface area contributed by atoms with Crippen molar-refractivity contribution in [1.29, 1.82) is 0 Å². The second kappa shape index (κ2) is 9.49. The molecule has 0 radical (unpaired) electrons. The Labute approximate surface area is 231 Å². The number of nitrogens with one attached hydrogen (secondary N) is 2. The van der Waals surface area contributed by atoms with Crippen molar-refractivity contribution in [3.63, 3.8) is 0 Å². The second-order valence-corrected chi connectivity index (χ2v) is 10.5. The Bertz CT molecular complexity index is 1950. The maximum Gasteiger partial charge on any atom is 0.341 e. The summed E-state index contributed by atoms with van der Waals surface area (Å²) in [6, 6.07) is 2.36. The van der Waals surface area contributed by atoms with Crippen LogP contribution in [0.3, 0.4) is 0 Å². The lowest BCUT2D eigenvalue weighted by Crippen LogP contribution is -2.38. The normalized spacial score (nSPS) is 17.4. The van der Waals surface area contributed by atoms with Crippen molar-refractivity contribution in [3.05, 3.63) is 58.1 Å². The molecule has 1 fully saturated rings. The van der Waals surface area contributed by atoms with E-state index in [0.717, 1.165) is 6.07 Å². The van der Waals surface area contributed by atoms with Gasteiger partial charge in [0, 0.05) is 63.0 Å². The zero-order chi connectivity index (χ0) is 29.3. The average molecular weight is 564 g/mol. The van der Waals surface area contributed by atoms with Crippen LogP contribution in [-0.4, -0.2) is 87.0 Å². The third kappa shape index (κ3) is 3.99. The van der Waals surface area contributed by atoms with Gasteiger partial charge in [0.2, 0.25) is 5.43 Å². The smallest absolute Gasteiger partial charge is 0.341 e. The van der Waals surface area contributed by atoms with E-state index in [1.165, 1.54) is 23.0 Å². The van der Waals surface area contributed by atoms with E-state index in [1.807, 2.05) is 23.9 Å². The molecule has 41 heavy (non-hydrogen) atoms. The van der Waals surface area contributed by atoms with E-state index < -0.39 is 34.7 Å². The fraction of sp³-hybridized carbons (Fsp3) is 0.286. The van der Waals surface area contributed by atoms with Gasteiger partial charge in [-0.25, -0.2) is 23.5 Å². The number of aromatic carboxylic acids is 1. The number of likely N-dealkylation sites (N-methyl/N-ethyl adjacent to an activating group) is 1. The van der Waals surface area contributed by atoms with Crippen LogP contribution in [0.15, 0.2) is 35.5 Å². The number of aryl methyl sites for hydroxylation is 1. The quantitative estimate of drug-likeness (QED) is 0.254. The zero-order valence-electron chi connectivity index (χ0n) is 22.7. The van der Waals surface area contributed by atoms with Gasteiger partial charge in [0.05, 0.1) is 45.2 Å². The first-order valence-corrected chi connectivity index (χ1v) is 12.8. The van der Waals surface area contributed by atoms with Gasteiger partial charge in [-0.15, -0.1) is 0 Å². The summed E-state index contributed by atoms with van der Waals surface area (Å²) in [6.07, 6.45) is 3.55. The van der Waals surface area contributed by atoms with E-state index in [9.17, 15) is 24.2 Å². The minimum absolute atomic E-state index is 0.00526. The fourth-order valence-electron chi connectivity index (χ4n) is 5.80. The van der Waals surface area contributed by atoms with Crippen LogP contribution in [0.4, 0.5) is 20.2 Å². The molecule has 5 heterocycles. The van der Waals surface area contributed by atoms with Crippen LogP contribution in [0, 0.1) is 11.6 Å². The molecular weight excluding hydrogens is 536 g/mol.